The lowest BCUT2D eigenvalue weighted by Gasteiger charge is -2.13. The van der Waals surface area contributed by atoms with Gasteiger partial charge in [-0.1, -0.05) is 54.1 Å². The Labute approximate surface area is 124 Å². The topological polar surface area (TPSA) is 29.1 Å². The van der Waals surface area contributed by atoms with Gasteiger partial charge in [-0.2, -0.15) is 0 Å². The summed E-state index contributed by atoms with van der Waals surface area (Å²) in [6.45, 7) is 1.93. The van der Waals surface area contributed by atoms with Crippen molar-refractivity contribution in [3.63, 3.8) is 0 Å². The lowest BCUT2D eigenvalue weighted by molar-refractivity contribution is -0.117. The molecule has 0 saturated carbocycles. The van der Waals surface area contributed by atoms with Gasteiger partial charge in [0, 0.05) is 11.1 Å². The second-order valence-corrected chi connectivity index (χ2v) is 4.97. The fourth-order valence-corrected chi connectivity index (χ4v) is 2.06. The molecule has 1 N–H and O–H groups in total. The van der Waals surface area contributed by atoms with Crippen molar-refractivity contribution in [1.29, 1.82) is 0 Å². The van der Waals surface area contributed by atoms with Crippen LogP contribution in [0.1, 0.15) is 24.1 Å². The molecule has 0 aliphatic heterocycles. The van der Waals surface area contributed by atoms with Gasteiger partial charge in [0.2, 0.25) is 5.91 Å². The molecule has 0 radical (unpaired) electrons. The number of hydrogen-bond acceptors (Lipinski definition) is 1. The Bertz CT molecular complexity index is 607. The summed E-state index contributed by atoms with van der Waals surface area (Å²) in [5.74, 6) is -0.124. The van der Waals surface area contributed by atoms with Gasteiger partial charge in [-0.3, -0.25) is 4.79 Å². The molecule has 3 heteroatoms. The first kappa shape index (κ1) is 14.4. The van der Waals surface area contributed by atoms with E-state index in [1.54, 1.807) is 6.08 Å². The van der Waals surface area contributed by atoms with Crippen LogP contribution in [0.4, 0.5) is 0 Å². The molecule has 1 amide bonds. The highest BCUT2D eigenvalue weighted by atomic mass is 35.5. The summed E-state index contributed by atoms with van der Waals surface area (Å²) in [4.78, 5) is 11.9. The van der Waals surface area contributed by atoms with Gasteiger partial charge in [0.05, 0.1) is 6.04 Å². The number of carbonyl (C=O) groups excluding carboxylic acids is 1. The van der Waals surface area contributed by atoms with Crippen molar-refractivity contribution in [2.75, 3.05) is 0 Å². The van der Waals surface area contributed by atoms with Crippen LogP contribution >= 0.6 is 11.6 Å². The fourth-order valence-electron chi connectivity index (χ4n) is 1.86. The molecule has 102 valence electrons. The molecule has 2 rings (SSSR count). The maximum atomic E-state index is 11.9. The number of carbonyl (C=O) groups is 1. The van der Waals surface area contributed by atoms with E-state index in [1.807, 2.05) is 61.5 Å². The van der Waals surface area contributed by atoms with Gasteiger partial charge in [0.1, 0.15) is 0 Å². The maximum Gasteiger partial charge on any atom is 0.244 e. The minimum Gasteiger partial charge on any atom is -0.346 e. The third-order valence-corrected chi connectivity index (χ3v) is 3.17. The Kier molecular flexibility index (Phi) is 4.97. The molecular weight excluding hydrogens is 270 g/mol. The lowest BCUT2D eigenvalue weighted by Crippen LogP contribution is -2.24. The van der Waals surface area contributed by atoms with E-state index in [2.05, 4.69) is 5.32 Å². The Hall–Kier alpha value is -2.06. The summed E-state index contributed by atoms with van der Waals surface area (Å²) >= 11 is 5.94. The monoisotopic (exact) mass is 285 g/mol. The van der Waals surface area contributed by atoms with Crippen LogP contribution in [0.2, 0.25) is 5.02 Å². The van der Waals surface area contributed by atoms with Crippen LogP contribution in [0.5, 0.6) is 0 Å². The minimum absolute atomic E-state index is 0.0818. The zero-order chi connectivity index (χ0) is 14.4. The lowest BCUT2D eigenvalue weighted by atomic mass is 10.1. The van der Waals surface area contributed by atoms with E-state index in [1.165, 1.54) is 6.08 Å². The van der Waals surface area contributed by atoms with Crippen molar-refractivity contribution in [3.8, 4) is 0 Å². The van der Waals surface area contributed by atoms with Crippen LogP contribution in [0.25, 0.3) is 6.08 Å². The number of amides is 1. The zero-order valence-electron chi connectivity index (χ0n) is 11.2. The van der Waals surface area contributed by atoms with Crippen molar-refractivity contribution in [1.82, 2.24) is 5.32 Å². The van der Waals surface area contributed by atoms with Crippen LogP contribution in [-0.2, 0) is 4.79 Å². The fraction of sp³-hybridized carbons (Fsp3) is 0.118. The van der Waals surface area contributed by atoms with Crippen LogP contribution < -0.4 is 5.32 Å². The maximum absolute atomic E-state index is 11.9. The summed E-state index contributed by atoms with van der Waals surface area (Å²) < 4.78 is 0. The van der Waals surface area contributed by atoms with Crippen molar-refractivity contribution < 1.29 is 4.79 Å². The molecule has 0 fully saturated rings. The van der Waals surface area contributed by atoms with Crippen molar-refractivity contribution in [2.45, 2.75) is 13.0 Å². The van der Waals surface area contributed by atoms with Gasteiger partial charge in [-0.25, -0.2) is 0 Å². The highest BCUT2D eigenvalue weighted by Crippen LogP contribution is 2.17. The summed E-state index contributed by atoms with van der Waals surface area (Å²) in [6.07, 6.45) is 3.33. The summed E-state index contributed by atoms with van der Waals surface area (Å²) in [7, 11) is 0. The first-order chi connectivity index (χ1) is 9.65. The zero-order valence-corrected chi connectivity index (χ0v) is 12.0. The number of benzene rings is 2. The standard InChI is InChI=1S/C17H16ClNO/c1-13(15-8-5-9-16(18)12-15)19-17(20)11-10-14-6-3-2-4-7-14/h2-13H,1H3,(H,19,20)/b11-10+. The van der Waals surface area contributed by atoms with Crippen LogP contribution in [-0.4, -0.2) is 5.91 Å². The quantitative estimate of drug-likeness (QED) is 0.837. The van der Waals surface area contributed by atoms with Gasteiger partial charge >= 0.3 is 0 Å². The summed E-state index contributed by atoms with van der Waals surface area (Å²) in [5, 5.41) is 3.58. The van der Waals surface area contributed by atoms with Gasteiger partial charge in [0.15, 0.2) is 0 Å². The second-order valence-electron chi connectivity index (χ2n) is 4.53. The highest BCUT2D eigenvalue weighted by molar-refractivity contribution is 6.30. The number of rotatable bonds is 4. The molecular formula is C17H16ClNO. The van der Waals surface area contributed by atoms with E-state index in [0.717, 1.165) is 11.1 Å². The van der Waals surface area contributed by atoms with E-state index < -0.39 is 0 Å². The van der Waals surface area contributed by atoms with Gasteiger partial charge in [-0.05, 0) is 36.3 Å². The van der Waals surface area contributed by atoms with Crippen molar-refractivity contribution in [2.24, 2.45) is 0 Å². The Morgan fingerprint density at radius 1 is 1.15 bits per heavy atom. The predicted molar refractivity (Wildman–Crippen MR) is 83.5 cm³/mol. The molecule has 0 aliphatic carbocycles. The number of nitrogens with one attached hydrogen (secondary N) is 1. The SMILES string of the molecule is CC(NC(=O)/C=C/c1ccccc1)c1cccc(Cl)c1. The average Bonchev–Trinajstić information content (AvgIpc) is 2.46. The van der Waals surface area contributed by atoms with Crippen molar-refractivity contribution >= 4 is 23.6 Å². The molecule has 2 aromatic rings. The minimum atomic E-state index is -0.124. The Morgan fingerprint density at radius 2 is 1.90 bits per heavy atom. The van der Waals surface area contributed by atoms with E-state index in [-0.39, 0.29) is 11.9 Å². The van der Waals surface area contributed by atoms with Gasteiger partial charge in [0.25, 0.3) is 0 Å². The summed E-state index contributed by atoms with van der Waals surface area (Å²) in [6, 6.07) is 17.1. The van der Waals surface area contributed by atoms with E-state index in [9.17, 15) is 4.79 Å². The molecule has 0 spiro atoms. The molecule has 1 unspecified atom stereocenters. The molecule has 1 atom stereocenters. The van der Waals surface area contributed by atoms with E-state index in [4.69, 9.17) is 11.6 Å². The molecule has 0 bridgehead atoms. The smallest absolute Gasteiger partial charge is 0.244 e. The molecule has 0 aliphatic rings. The molecule has 2 aromatic carbocycles. The van der Waals surface area contributed by atoms with Gasteiger partial charge < -0.3 is 5.32 Å². The van der Waals surface area contributed by atoms with Crippen molar-refractivity contribution in [3.05, 3.63) is 76.8 Å². The first-order valence-corrected chi connectivity index (χ1v) is 6.82. The predicted octanol–water partition coefficient (Wildman–Crippen LogP) is 4.23. The third-order valence-electron chi connectivity index (χ3n) is 2.93. The van der Waals surface area contributed by atoms with Crippen LogP contribution in [0.3, 0.4) is 0 Å². The van der Waals surface area contributed by atoms with E-state index >= 15 is 0 Å². The van der Waals surface area contributed by atoms with E-state index in [0.29, 0.717) is 5.02 Å². The third kappa shape index (κ3) is 4.25. The molecule has 2 nitrogen and oxygen atoms in total. The molecule has 0 heterocycles. The Balaban J connectivity index is 1.96. The summed E-state index contributed by atoms with van der Waals surface area (Å²) in [5.41, 5.74) is 1.98. The largest absolute Gasteiger partial charge is 0.346 e. The molecule has 20 heavy (non-hydrogen) atoms. The van der Waals surface area contributed by atoms with Crippen LogP contribution in [0.15, 0.2) is 60.7 Å². The Morgan fingerprint density at radius 3 is 2.60 bits per heavy atom. The van der Waals surface area contributed by atoms with Crippen LogP contribution in [0, 0.1) is 0 Å². The first-order valence-electron chi connectivity index (χ1n) is 6.44. The highest BCUT2D eigenvalue weighted by Gasteiger charge is 2.07. The molecule has 0 saturated heterocycles. The second kappa shape index (κ2) is 6.92. The molecule has 0 aromatic heterocycles. The number of hydrogen-bond donors (Lipinski definition) is 1. The van der Waals surface area contributed by atoms with Gasteiger partial charge in [-0.15, -0.1) is 0 Å². The normalized spacial score (nSPS) is 12.3. The number of halogens is 1. The average molecular weight is 286 g/mol.